The van der Waals surface area contributed by atoms with E-state index in [9.17, 15) is 13.2 Å². The first-order valence-corrected chi connectivity index (χ1v) is 7.58. The van der Waals surface area contributed by atoms with E-state index in [1.54, 1.807) is 37.4 Å². The number of ether oxygens (including phenoxy) is 1. The van der Waals surface area contributed by atoms with Crippen LogP contribution in [0, 0.1) is 0 Å². The summed E-state index contributed by atoms with van der Waals surface area (Å²) in [5.74, 6) is 0.694. The van der Waals surface area contributed by atoms with Crippen molar-refractivity contribution in [2.24, 2.45) is 0 Å². The zero-order valence-electron chi connectivity index (χ0n) is 13.7. The number of fused-ring (bicyclic) bond motifs is 1. The van der Waals surface area contributed by atoms with Crippen molar-refractivity contribution in [1.82, 2.24) is 10.2 Å². The molecule has 1 saturated heterocycles. The Balaban J connectivity index is 0.00000156. The molecule has 3 rings (SSSR count). The van der Waals surface area contributed by atoms with Gasteiger partial charge in [-0.1, -0.05) is 18.2 Å². The van der Waals surface area contributed by atoms with Crippen LogP contribution in [-0.2, 0) is 0 Å². The van der Waals surface area contributed by atoms with E-state index < -0.39 is 12.2 Å². The van der Waals surface area contributed by atoms with E-state index in [2.05, 4.69) is 5.32 Å². The lowest BCUT2D eigenvalue weighted by atomic mass is 9.99. The summed E-state index contributed by atoms with van der Waals surface area (Å²) in [5, 5.41) is 4.75. The van der Waals surface area contributed by atoms with Gasteiger partial charge >= 0.3 is 6.18 Å². The van der Waals surface area contributed by atoms with E-state index in [0.29, 0.717) is 31.9 Å². The number of halogens is 5. The molecule has 0 amide bonds. The molecule has 1 aliphatic rings. The fourth-order valence-corrected chi connectivity index (χ4v) is 3.09. The second kappa shape index (κ2) is 8.94. The highest BCUT2D eigenvalue weighted by Gasteiger charge is 2.44. The Morgan fingerprint density at radius 2 is 1.60 bits per heavy atom. The Hall–Kier alpha value is -1.21. The van der Waals surface area contributed by atoms with E-state index in [-0.39, 0.29) is 30.4 Å². The molecule has 25 heavy (non-hydrogen) atoms. The molecule has 2 aromatic carbocycles. The van der Waals surface area contributed by atoms with Gasteiger partial charge in [0.05, 0.1) is 7.11 Å². The van der Waals surface area contributed by atoms with E-state index in [1.807, 2.05) is 6.07 Å². The zero-order valence-corrected chi connectivity index (χ0v) is 15.3. The Bertz CT molecular complexity index is 691. The molecule has 3 nitrogen and oxygen atoms in total. The van der Waals surface area contributed by atoms with Gasteiger partial charge < -0.3 is 10.1 Å². The summed E-state index contributed by atoms with van der Waals surface area (Å²) in [7, 11) is 1.57. The minimum absolute atomic E-state index is 0. The molecule has 140 valence electrons. The van der Waals surface area contributed by atoms with Gasteiger partial charge in [0, 0.05) is 26.2 Å². The summed E-state index contributed by atoms with van der Waals surface area (Å²) < 4.78 is 46.0. The van der Waals surface area contributed by atoms with Crippen LogP contribution in [0.5, 0.6) is 5.75 Å². The fourth-order valence-electron chi connectivity index (χ4n) is 3.09. The molecule has 2 aromatic rings. The molecule has 0 spiro atoms. The van der Waals surface area contributed by atoms with Crippen LogP contribution in [0.15, 0.2) is 36.4 Å². The van der Waals surface area contributed by atoms with E-state index in [1.165, 1.54) is 4.90 Å². The predicted molar refractivity (Wildman–Crippen MR) is 98.2 cm³/mol. The summed E-state index contributed by atoms with van der Waals surface area (Å²) in [6.45, 7) is 1.95. The third-order valence-corrected chi connectivity index (χ3v) is 4.21. The molecule has 1 N–H and O–H groups in total. The standard InChI is InChI=1S/C17H19F3N2O.2ClH/c1-23-15-5-4-12-10-14(3-2-13(12)11-15)16(17(18,19)20)22-8-6-21-7-9-22;;/h2-5,10-11,16,21H,6-9H2,1H3;2*1H/t16-;;/m0../s1. The molecular formula is C17H21Cl2F3N2O. The zero-order chi connectivity index (χ0) is 16.4. The average molecular weight is 397 g/mol. The topological polar surface area (TPSA) is 24.5 Å². The van der Waals surface area contributed by atoms with Gasteiger partial charge in [-0.15, -0.1) is 24.8 Å². The number of alkyl halides is 3. The number of hydrogen-bond acceptors (Lipinski definition) is 3. The van der Waals surface area contributed by atoms with Crippen LogP contribution >= 0.6 is 24.8 Å². The molecule has 0 aliphatic carbocycles. The third-order valence-electron chi connectivity index (χ3n) is 4.21. The lowest BCUT2D eigenvalue weighted by Gasteiger charge is -2.36. The van der Waals surface area contributed by atoms with Crippen LogP contribution < -0.4 is 10.1 Å². The van der Waals surface area contributed by atoms with Crippen LogP contribution in [0.3, 0.4) is 0 Å². The Labute approximate surface area is 157 Å². The van der Waals surface area contributed by atoms with Gasteiger partial charge in [-0.3, -0.25) is 4.90 Å². The fraction of sp³-hybridized carbons (Fsp3) is 0.412. The minimum Gasteiger partial charge on any atom is -0.497 e. The van der Waals surface area contributed by atoms with Crippen molar-refractivity contribution in [1.29, 1.82) is 0 Å². The van der Waals surface area contributed by atoms with Crippen LogP contribution in [-0.4, -0.2) is 44.4 Å². The van der Waals surface area contributed by atoms with Crippen molar-refractivity contribution in [3.05, 3.63) is 42.0 Å². The molecule has 0 aromatic heterocycles. The van der Waals surface area contributed by atoms with Gasteiger partial charge in [0.2, 0.25) is 0 Å². The van der Waals surface area contributed by atoms with Crippen molar-refractivity contribution in [3.63, 3.8) is 0 Å². The first-order valence-electron chi connectivity index (χ1n) is 7.58. The Morgan fingerprint density at radius 3 is 2.20 bits per heavy atom. The van der Waals surface area contributed by atoms with Crippen LogP contribution in [0.25, 0.3) is 10.8 Å². The number of piperazine rings is 1. The predicted octanol–water partition coefficient (Wildman–Crippen LogP) is 4.20. The molecule has 0 unspecified atom stereocenters. The normalized spacial score (nSPS) is 16.6. The smallest absolute Gasteiger partial charge is 0.408 e. The maximum absolute atomic E-state index is 13.6. The van der Waals surface area contributed by atoms with Crippen LogP contribution in [0.4, 0.5) is 13.2 Å². The van der Waals surface area contributed by atoms with Crippen molar-refractivity contribution >= 4 is 35.6 Å². The molecular weight excluding hydrogens is 376 g/mol. The first-order chi connectivity index (χ1) is 11.0. The highest BCUT2D eigenvalue weighted by molar-refractivity contribution is 5.86. The summed E-state index contributed by atoms with van der Waals surface area (Å²) in [5.41, 5.74) is 0.289. The van der Waals surface area contributed by atoms with Crippen LogP contribution in [0.1, 0.15) is 11.6 Å². The maximum Gasteiger partial charge on any atom is 0.408 e. The molecule has 1 fully saturated rings. The molecule has 1 aliphatic heterocycles. The Morgan fingerprint density at radius 1 is 1.00 bits per heavy atom. The molecule has 0 saturated carbocycles. The van der Waals surface area contributed by atoms with Crippen LogP contribution in [0.2, 0.25) is 0 Å². The lowest BCUT2D eigenvalue weighted by molar-refractivity contribution is -0.187. The molecule has 8 heteroatoms. The summed E-state index contributed by atoms with van der Waals surface area (Å²) in [6.07, 6.45) is -4.29. The summed E-state index contributed by atoms with van der Waals surface area (Å²) >= 11 is 0. The Kier molecular flexibility index (Phi) is 7.81. The highest BCUT2D eigenvalue weighted by atomic mass is 35.5. The van der Waals surface area contributed by atoms with Gasteiger partial charge in [-0.05, 0) is 34.5 Å². The second-order valence-corrected chi connectivity index (χ2v) is 5.70. The van der Waals surface area contributed by atoms with Crippen molar-refractivity contribution < 1.29 is 17.9 Å². The average Bonchev–Trinajstić information content (AvgIpc) is 2.54. The number of nitrogens with zero attached hydrogens (tertiary/aromatic N) is 1. The second-order valence-electron chi connectivity index (χ2n) is 5.70. The van der Waals surface area contributed by atoms with Gasteiger partial charge in [0.15, 0.2) is 0 Å². The van der Waals surface area contributed by atoms with Crippen molar-refractivity contribution in [2.45, 2.75) is 12.2 Å². The van der Waals surface area contributed by atoms with Crippen molar-refractivity contribution in [3.8, 4) is 5.75 Å². The van der Waals surface area contributed by atoms with Gasteiger partial charge in [-0.25, -0.2) is 0 Å². The SMILES string of the molecule is COc1ccc2cc([C@H](N3CCNCC3)C(F)(F)F)ccc2c1.Cl.Cl. The van der Waals surface area contributed by atoms with Gasteiger partial charge in [-0.2, -0.15) is 13.2 Å². The largest absolute Gasteiger partial charge is 0.497 e. The van der Waals surface area contributed by atoms with Gasteiger partial charge in [0.25, 0.3) is 0 Å². The van der Waals surface area contributed by atoms with Gasteiger partial charge in [0.1, 0.15) is 11.8 Å². The molecule has 1 atom stereocenters. The van der Waals surface area contributed by atoms with Crippen molar-refractivity contribution in [2.75, 3.05) is 33.3 Å². The third kappa shape index (κ3) is 4.91. The molecule has 0 radical (unpaired) electrons. The number of hydrogen-bond donors (Lipinski definition) is 1. The maximum atomic E-state index is 13.6. The quantitative estimate of drug-likeness (QED) is 0.841. The number of nitrogens with one attached hydrogen (secondary N) is 1. The summed E-state index contributed by atoms with van der Waals surface area (Å²) in [4.78, 5) is 1.50. The first kappa shape index (κ1) is 21.8. The lowest BCUT2D eigenvalue weighted by Crippen LogP contribution is -2.49. The number of methoxy groups -OCH3 is 1. The number of rotatable bonds is 3. The molecule has 1 heterocycles. The molecule has 0 bridgehead atoms. The highest BCUT2D eigenvalue weighted by Crippen LogP contribution is 2.39. The van der Waals surface area contributed by atoms with E-state index in [4.69, 9.17) is 4.74 Å². The minimum atomic E-state index is -4.29. The summed E-state index contributed by atoms with van der Waals surface area (Å²) in [6, 6.07) is 8.76. The number of benzene rings is 2. The van der Waals surface area contributed by atoms with E-state index in [0.717, 1.165) is 10.8 Å². The monoisotopic (exact) mass is 396 g/mol. The van der Waals surface area contributed by atoms with E-state index >= 15 is 0 Å².